The van der Waals surface area contributed by atoms with E-state index in [1.165, 1.54) is 22.0 Å². The molecule has 1 nitrogen and oxygen atoms in total. The molecule has 1 rings (SSSR count). The van der Waals surface area contributed by atoms with Crippen LogP contribution in [0.4, 0.5) is 5.69 Å². The highest BCUT2D eigenvalue weighted by Crippen LogP contribution is 2.33. The van der Waals surface area contributed by atoms with Gasteiger partial charge in [-0.2, -0.15) is 0 Å². The third-order valence-electron chi connectivity index (χ3n) is 3.52. The Balaban J connectivity index is 3.48. The summed E-state index contributed by atoms with van der Waals surface area (Å²) in [5.74, 6) is 1.10. The molecule has 0 saturated heterocycles. The molecule has 0 saturated carbocycles. The standard InChI is InChI=1S/C16H26NSi/c1-7-17(8-2)13-9-10-14(18)16(12(5)6)15(13)11(3)4/h9-12H,7-8H2,1-6H3. The maximum absolute atomic E-state index is 3.78. The minimum Gasteiger partial charge on any atom is -0.372 e. The number of hydrogen-bond donors (Lipinski definition) is 0. The van der Waals surface area contributed by atoms with Crippen LogP contribution in [0.3, 0.4) is 0 Å². The Morgan fingerprint density at radius 2 is 1.44 bits per heavy atom. The van der Waals surface area contributed by atoms with Gasteiger partial charge < -0.3 is 4.90 Å². The van der Waals surface area contributed by atoms with Crippen LogP contribution >= 0.6 is 0 Å². The zero-order chi connectivity index (χ0) is 13.9. The molecule has 0 aliphatic carbocycles. The van der Waals surface area contributed by atoms with Crippen molar-refractivity contribution >= 4 is 21.1 Å². The maximum atomic E-state index is 3.78. The van der Waals surface area contributed by atoms with Crippen LogP contribution in [0.1, 0.15) is 64.5 Å². The van der Waals surface area contributed by atoms with E-state index in [0.717, 1.165) is 13.1 Å². The van der Waals surface area contributed by atoms with Gasteiger partial charge in [0.15, 0.2) is 0 Å². The number of anilines is 1. The van der Waals surface area contributed by atoms with Gasteiger partial charge >= 0.3 is 0 Å². The van der Waals surface area contributed by atoms with Gasteiger partial charge in [0.05, 0.1) is 10.2 Å². The Kier molecular flexibility index (Phi) is 5.45. The minimum absolute atomic E-state index is 0.547. The molecule has 0 atom stereocenters. The van der Waals surface area contributed by atoms with Gasteiger partial charge in [-0.25, -0.2) is 0 Å². The number of benzene rings is 1. The molecule has 0 heterocycles. The predicted molar refractivity (Wildman–Crippen MR) is 83.6 cm³/mol. The molecule has 0 N–H and O–H groups in total. The topological polar surface area (TPSA) is 3.24 Å². The molecule has 2 heteroatoms. The Morgan fingerprint density at radius 1 is 0.944 bits per heavy atom. The Hall–Kier alpha value is -0.763. The van der Waals surface area contributed by atoms with Crippen molar-refractivity contribution in [1.82, 2.24) is 0 Å². The summed E-state index contributed by atoms with van der Waals surface area (Å²) in [5, 5.41) is 1.24. The summed E-state index contributed by atoms with van der Waals surface area (Å²) in [6, 6.07) is 4.46. The highest BCUT2D eigenvalue weighted by Gasteiger charge is 2.19. The van der Waals surface area contributed by atoms with E-state index in [4.69, 9.17) is 0 Å². The second-order valence-electron chi connectivity index (χ2n) is 5.44. The van der Waals surface area contributed by atoms with E-state index in [1.54, 1.807) is 0 Å². The first-order chi connectivity index (χ1) is 8.43. The molecular weight excluding hydrogens is 234 g/mol. The molecule has 0 spiro atoms. The zero-order valence-electron chi connectivity index (χ0n) is 12.7. The average Bonchev–Trinajstić information content (AvgIpc) is 2.31. The van der Waals surface area contributed by atoms with Crippen LogP contribution < -0.4 is 10.1 Å². The third kappa shape index (κ3) is 2.97. The summed E-state index contributed by atoms with van der Waals surface area (Å²) in [6.07, 6.45) is 0. The highest BCUT2D eigenvalue weighted by molar-refractivity contribution is 6.33. The lowest BCUT2D eigenvalue weighted by atomic mass is 9.88. The van der Waals surface area contributed by atoms with Crippen LogP contribution in [0, 0.1) is 0 Å². The van der Waals surface area contributed by atoms with Crippen LogP contribution in [0.2, 0.25) is 0 Å². The van der Waals surface area contributed by atoms with Crippen LogP contribution in [0.25, 0.3) is 0 Å². The van der Waals surface area contributed by atoms with Crippen LogP contribution in [-0.4, -0.2) is 23.3 Å². The Labute approximate surface area is 116 Å². The van der Waals surface area contributed by atoms with Gasteiger partial charge in [-0.1, -0.05) is 38.9 Å². The van der Waals surface area contributed by atoms with Gasteiger partial charge in [-0.15, -0.1) is 0 Å². The number of hydrogen-bond acceptors (Lipinski definition) is 1. The fourth-order valence-corrected chi connectivity index (χ4v) is 3.20. The van der Waals surface area contributed by atoms with Crippen LogP contribution in [0.5, 0.6) is 0 Å². The van der Waals surface area contributed by atoms with Crippen molar-refractivity contribution in [1.29, 1.82) is 0 Å². The fourth-order valence-electron chi connectivity index (χ4n) is 2.69. The van der Waals surface area contributed by atoms with Gasteiger partial charge in [0, 0.05) is 18.8 Å². The van der Waals surface area contributed by atoms with E-state index in [1.807, 2.05) is 0 Å². The normalized spacial score (nSPS) is 11.4. The van der Waals surface area contributed by atoms with E-state index in [2.05, 4.69) is 68.8 Å². The molecule has 0 aliphatic heterocycles. The van der Waals surface area contributed by atoms with Crippen molar-refractivity contribution < 1.29 is 0 Å². The van der Waals surface area contributed by atoms with Crippen molar-refractivity contribution in [2.24, 2.45) is 0 Å². The molecular formula is C16H26NSi. The van der Waals surface area contributed by atoms with E-state index >= 15 is 0 Å². The summed E-state index contributed by atoms with van der Waals surface area (Å²) in [5.41, 5.74) is 4.37. The van der Waals surface area contributed by atoms with Crippen LogP contribution in [0.15, 0.2) is 12.1 Å². The molecule has 0 amide bonds. The van der Waals surface area contributed by atoms with Crippen LogP contribution in [-0.2, 0) is 0 Å². The molecule has 0 aliphatic rings. The van der Waals surface area contributed by atoms with E-state index in [9.17, 15) is 0 Å². The largest absolute Gasteiger partial charge is 0.372 e. The molecule has 0 bridgehead atoms. The second kappa shape index (κ2) is 6.42. The van der Waals surface area contributed by atoms with E-state index < -0.39 is 0 Å². The average molecular weight is 260 g/mol. The lowest BCUT2D eigenvalue weighted by Gasteiger charge is -2.29. The molecule has 99 valence electrons. The molecule has 0 unspecified atom stereocenters. The van der Waals surface area contributed by atoms with Crippen molar-refractivity contribution in [3.8, 4) is 0 Å². The first kappa shape index (κ1) is 15.3. The summed E-state index contributed by atoms with van der Waals surface area (Å²) < 4.78 is 0. The fraction of sp³-hybridized carbons (Fsp3) is 0.625. The van der Waals surface area contributed by atoms with Crippen molar-refractivity contribution in [3.63, 3.8) is 0 Å². The van der Waals surface area contributed by atoms with Crippen molar-refractivity contribution in [2.75, 3.05) is 18.0 Å². The molecule has 3 radical (unpaired) electrons. The van der Waals surface area contributed by atoms with Gasteiger partial charge in [0.25, 0.3) is 0 Å². The molecule has 0 fully saturated rings. The van der Waals surface area contributed by atoms with Gasteiger partial charge in [-0.3, -0.25) is 0 Å². The first-order valence-electron chi connectivity index (χ1n) is 7.07. The van der Waals surface area contributed by atoms with Gasteiger partial charge in [0.1, 0.15) is 0 Å². The molecule has 1 aromatic carbocycles. The predicted octanol–water partition coefficient (Wildman–Crippen LogP) is 3.57. The molecule has 1 aromatic rings. The summed E-state index contributed by atoms with van der Waals surface area (Å²) in [7, 11) is 3.78. The maximum Gasteiger partial charge on any atom is 0.0716 e. The summed E-state index contributed by atoms with van der Waals surface area (Å²) in [6.45, 7) is 15.7. The second-order valence-corrected chi connectivity index (χ2v) is 5.98. The minimum atomic E-state index is 0.547. The highest BCUT2D eigenvalue weighted by atomic mass is 28.1. The smallest absolute Gasteiger partial charge is 0.0716 e. The van der Waals surface area contributed by atoms with Gasteiger partial charge in [0.2, 0.25) is 0 Å². The summed E-state index contributed by atoms with van der Waals surface area (Å²) in [4.78, 5) is 2.45. The first-order valence-corrected chi connectivity index (χ1v) is 7.57. The third-order valence-corrected chi connectivity index (χ3v) is 3.96. The van der Waals surface area contributed by atoms with Crippen molar-refractivity contribution in [3.05, 3.63) is 23.3 Å². The Morgan fingerprint density at radius 3 is 1.83 bits per heavy atom. The molecule has 0 aromatic heterocycles. The lowest BCUT2D eigenvalue weighted by molar-refractivity contribution is 0.775. The summed E-state index contributed by atoms with van der Waals surface area (Å²) >= 11 is 0. The number of nitrogens with zero attached hydrogens (tertiary/aromatic N) is 1. The van der Waals surface area contributed by atoms with Crippen molar-refractivity contribution in [2.45, 2.75) is 53.4 Å². The van der Waals surface area contributed by atoms with E-state index in [-0.39, 0.29) is 0 Å². The Bertz CT molecular complexity index is 392. The SMILES string of the molecule is CCN(CC)c1ccc([Si])c(C(C)C)c1C(C)C. The lowest BCUT2D eigenvalue weighted by Crippen LogP contribution is -2.26. The number of rotatable bonds is 5. The van der Waals surface area contributed by atoms with Gasteiger partial charge in [-0.05, 0) is 42.9 Å². The molecule has 18 heavy (non-hydrogen) atoms. The zero-order valence-corrected chi connectivity index (χ0v) is 13.7. The van der Waals surface area contributed by atoms with E-state index in [0.29, 0.717) is 11.8 Å². The monoisotopic (exact) mass is 260 g/mol. The quantitative estimate of drug-likeness (QED) is 0.732.